The molecule has 1 heterocycles. The van der Waals surface area contributed by atoms with Crippen LogP contribution in [0.3, 0.4) is 0 Å². The molecule has 0 aromatic heterocycles. The van der Waals surface area contributed by atoms with E-state index in [-0.39, 0.29) is 0 Å². The van der Waals surface area contributed by atoms with Gasteiger partial charge in [-0.2, -0.15) is 0 Å². The molecule has 0 saturated carbocycles. The second-order valence-electron chi connectivity index (χ2n) is 7.27. The van der Waals surface area contributed by atoms with E-state index in [4.69, 9.17) is 0 Å². The summed E-state index contributed by atoms with van der Waals surface area (Å²) in [6, 6.07) is 23.0. The fourth-order valence-corrected chi connectivity index (χ4v) is 4.51. The lowest BCUT2D eigenvalue weighted by Gasteiger charge is -2.47. The molecule has 1 aliphatic rings. The Hall–Kier alpha value is -1.86. The lowest BCUT2D eigenvalue weighted by atomic mass is 9.76. The summed E-state index contributed by atoms with van der Waals surface area (Å²) in [5.41, 5.74) is 6.05. The lowest BCUT2D eigenvalue weighted by molar-refractivity contribution is 0.115. The van der Waals surface area contributed by atoms with Crippen molar-refractivity contribution >= 4 is 5.57 Å². The number of nitrogens with zero attached hydrogens (tertiary/aromatic N) is 1. The van der Waals surface area contributed by atoms with E-state index in [1.165, 1.54) is 17.5 Å². The topological polar surface area (TPSA) is 3.24 Å². The van der Waals surface area contributed by atoms with E-state index in [2.05, 4.69) is 93.3 Å². The largest absolute Gasteiger partial charge is 0.289 e. The predicted octanol–water partition coefficient (Wildman–Crippen LogP) is 6.17. The summed E-state index contributed by atoms with van der Waals surface area (Å²) in [7, 11) is 0. The first kappa shape index (κ1) is 17.9. The van der Waals surface area contributed by atoms with Gasteiger partial charge in [-0.05, 0) is 48.0 Å². The van der Waals surface area contributed by atoms with Gasteiger partial charge in [-0.15, -0.1) is 0 Å². The van der Waals surface area contributed by atoms with Gasteiger partial charge in [0.2, 0.25) is 0 Å². The minimum atomic E-state index is 0.534. The third kappa shape index (κ3) is 3.57. The summed E-state index contributed by atoms with van der Waals surface area (Å²) in [6.07, 6.45) is 2.30. The van der Waals surface area contributed by atoms with E-state index < -0.39 is 0 Å². The highest BCUT2D eigenvalue weighted by Gasteiger charge is 2.36. The van der Waals surface area contributed by atoms with Crippen molar-refractivity contribution in [2.24, 2.45) is 5.92 Å². The number of hydrogen-bond acceptors (Lipinski definition) is 1. The maximum absolute atomic E-state index is 2.73. The van der Waals surface area contributed by atoms with Crippen LogP contribution in [-0.4, -0.2) is 17.0 Å². The molecule has 0 spiro atoms. The van der Waals surface area contributed by atoms with E-state index in [0.29, 0.717) is 18.0 Å². The molecule has 2 aromatic rings. The highest BCUT2D eigenvalue weighted by atomic mass is 15.2. The van der Waals surface area contributed by atoms with E-state index in [0.717, 1.165) is 13.0 Å². The molecule has 0 aliphatic carbocycles. The third-order valence-corrected chi connectivity index (χ3v) is 5.91. The highest BCUT2D eigenvalue weighted by Crippen LogP contribution is 2.41. The first-order chi connectivity index (χ1) is 12.2. The summed E-state index contributed by atoms with van der Waals surface area (Å²) in [6.45, 7) is 10.5. The Morgan fingerprint density at radius 3 is 2.00 bits per heavy atom. The monoisotopic (exact) mass is 333 g/mol. The van der Waals surface area contributed by atoms with Crippen molar-refractivity contribution in [3.05, 3.63) is 77.4 Å². The van der Waals surface area contributed by atoms with Gasteiger partial charge in [-0.1, -0.05) is 81.4 Å². The molecule has 0 bridgehead atoms. The van der Waals surface area contributed by atoms with Crippen LogP contribution in [0.15, 0.2) is 66.2 Å². The Kier molecular flexibility index (Phi) is 5.75. The van der Waals surface area contributed by atoms with Gasteiger partial charge in [0, 0.05) is 18.6 Å². The molecule has 0 N–H and O–H groups in total. The van der Waals surface area contributed by atoms with Crippen LogP contribution in [0, 0.1) is 5.92 Å². The minimum absolute atomic E-state index is 0.534. The van der Waals surface area contributed by atoms with Crippen LogP contribution < -0.4 is 0 Å². The molecular formula is C24H31N. The molecule has 0 amide bonds. The number of rotatable bonds is 5. The second kappa shape index (κ2) is 8.01. The average molecular weight is 334 g/mol. The van der Waals surface area contributed by atoms with Crippen molar-refractivity contribution in [1.29, 1.82) is 0 Å². The minimum Gasteiger partial charge on any atom is -0.289 e. The highest BCUT2D eigenvalue weighted by molar-refractivity contribution is 5.72. The van der Waals surface area contributed by atoms with Crippen LogP contribution in [0.2, 0.25) is 0 Å². The molecular weight excluding hydrogens is 302 g/mol. The molecule has 3 rings (SSSR count). The van der Waals surface area contributed by atoms with Crippen LogP contribution in [0.25, 0.3) is 5.57 Å². The summed E-state index contributed by atoms with van der Waals surface area (Å²) in [5, 5.41) is 0. The van der Waals surface area contributed by atoms with Gasteiger partial charge in [0.15, 0.2) is 0 Å². The van der Waals surface area contributed by atoms with Gasteiger partial charge in [0.05, 0.1) is 0 Å². The van der Waals surface area contributed by atoms with Crippen molar-refractivity contribution in [2.45, 2.75) is 59.2 Å². The fourth-order valence-electron chi connectivity index (χ4n) is 4.51. The fraction of sp³-hybridized carbons (Fsp3) is 0.417. The maximum atomic E-state index is 2.73. The Morgan fingerprint density at radius 1 is 0.840 bits per heavy atom. The van der Waals surface area contributed by atoms with E-state index >= 15 is 0 Å². The molecule has 1 nitrogen and oxygen atoms in total. The summed E-state index contributed by atoms with van der Waals surface area (Å²) >= 11 is 0. The van der Waals surface area contributed by atoms with Gasteiger partial charge >= 0.3 is 0 Å². The number of benzene rings is 2. The third-order valence-electron chi connectivity index (χ3n) is 5.91. The molecule has 132 valence electrons. The Morgan fingerprint density at radius 2 is 1.44 bits per heavy atom. The first-order valence-electron chi connectivity index (χ1n) is 9.75. The van der Waals surface area contributed by atoms with Crippen LogP contribution in [-0.2, 0) is 6.54 Å². The van der Waals surface area contributed by atoms with Gasteiger partial charge in [-0.3, -0.25) is 4.90 Å². The molecule has 0 radical (unpaired) electrons. The molecule has 2 aromatic carbocycles. The van der Waals surface area contributed by atoms with E-state index in [9.17, 15) is 0 Å². The summed E-state index contributed by atoms with van der Waals surface area (Å²) < 4.78 is 0. The van der Waals surface area contributed by atoms with Crippen molar-refractivity contribution in [2.75, 3.05) is 0 Å². The zero-order valence-corrected chi connectivity index (χ0v) is 16.1. The zero-order valence-electron chi connectivity index (χ0n) is 16.1. The van der Waals surface area contributed by atoms with Crippen LogP contribution >= 0.6 is 0 Å². The van der Waals surface area contributed by atoms with Gasteiger partial charge < -0.3 is 0 Å². The van der Waals surface area contributed by atoms with Crippen LogP contribution in [0.5, 0.6) is 0 Å². The number of hydrogen-bond donors (Lipinski definition) is 0. The molecule has 1 heteroatoms. The molecule has 1 aliphatic heterocycles. The van der Waals surface area contributed by atoms with E-state index in [1.54, 1.807) is 11.1 Å². The Balaban J connectivity index is 2.03. The van der Waals surface area contributed by atoms with Crippen molar-refractivity contribution in [1.82, 2.24) is 4.90 Å². The van der Waals surface area contributed by atoms with Gasteiger partial charge in [0.25, 0.3) is 0 Å². The Labute approximate surface area is 153 Å². The second-order valence-corrected chi connectivity index (χ2v) is 7.27. The van der Waals surface area contributed by atoms with Gasteiger partial charge in [0.1, 0.15) is 0 Å². The molecule has 0 unspecified atom stereocenters. The lowest BCUT2D eigenvalue weighted by Crippen LogP contribution is -2.49. The summed E-state index contributed by atoms with van der Waals surface area (Å²) in [4.78, 5) is 2.73. The van der Waals surface area contributed by atoms with Crippen molar-refractivity contribution in [3.63, 3.8) is 0 Å². The van der Waals surface area contributed by atoms with Gasteiger partial charge in [-0.25, -0.2) is 0 Å². The summed E-state index contributed by atoms with van der Waals surface area (Å²) in [5.74, 6) is 0.545. The van der Waals surface area contributed by atoms with E-state index in [1.807, 2.05) is 0 Å². The quantitative estimate of drug-likeness (QED) is 0.632. The van der Waals surface area contributed by atoms with Crippen LogP contribution in [0.4, 0.5) is 0 Å². The maximum Gasteiger partial charge on any atom is 0.0317 e. The first-order valence-corrected chi connectivity index (χ1v) is 9.75. The van der Waals surface area contributed by atoms with Crippen LogP contribution in [0.1, 0.15) is 51.7 Å². The molecule has 0 saturated heterocycles. The van der Waals surface area contributed by atoms with Crippen molar-refractivity contribution in [3.8, 4) is 0 Å². The molecule has 3 atom stereocenters. The smallest absolute Gasteiger partial charge is 0.0317 e. The predicted molar refractivity (Wildman–Crippen MR) is 108 cm³/mol. The van der Waals surface area contributed by atoms with Crippen molar-refractivity contribution < 1.29 is 0 Å². The molecule has 0 fully saturated rings. The Bertz CT molecular complexity index is 701. The average Bonchev–Trinajstić information content (AvgIpc) is 2.66. The zero-order chi connectivity index (χ0) is 17.8. The normalized spacial score (nSPS) is 24.6. The molecule has 25 heavy (non-hydrogen) atoms. The standard InChI is InChI=1S/C24H31N/c1-5-22-23(6-2)25(17-20-13-9-7-10-14-20)19(4)18(3)24(22)21-15-11-8-12-16-21/h7-16,18-19,23H,5-6,17H2,1-4H3/t18-,19+,23-/m0/s1. The SMILES string of the molecule is CCC1=C(c2ccccc2)[C@@H](C)[C@@H](C)N(Cc2ccccc2)[C@H]1CC.